The fraction of sp³-hybridized carbons (Fsp3) is 0.190. The third kappa shape index (κ3) is 3.73. The molecule has 9 heteroatoms. The molecule has 0 fully saturated rings. The van der Waals surface area contributed by atoms with Crippen molar-refractivity contribution in [3.63, 3.8) is 0 Å². The number of H-pyrrole nitrogens is 1. The molecule has 0 aliphatic heterocycles. The van der Waals surface area contributed by atoms with E-state index in [2.05, 4.69) is 25.9 Å². The molecule has 154 valence electrons. The third-order valence-electron chi connectivity index (χ3n) is 4.76. The van der Waals surface area contributed by atoms with Gasteiger partial charge in [0.25, 0.3) is 5.56 Å². The first-order valence-corrected chi connectivity index (χ1v) is 10.0. The summed E-state index contributed by atoms with van der Waals surface area (Å²) in [5, 5.41) is 0. The Morgan fingerprint density at radius 1 is 1.13 bits per heavy atom. The van der Waals surface area contributed by atoms with Gasteiger partial charge >= 0.3 is 5.69 Å². The molecule has 4 aromatic rings. The van der Waals surface area contributed by atoms with E-state index in [9.17, 15) is 14.0 Å². The highest BCUT2D eigenvalue weighted by molar-refractivity contribution is 9.10. The molecular weight excluding hydrogens is 455 g/mol. The number of nitrogens with one attached hydrogen (secondary N) is 1. The monoisotopic (exact) mass is 472 g/mol. The van der Waals surface area contributed by atoms with Gasteiger partial charge in [-0.25, -0.2) is 14.2 Å². The Balaban J connectivity index is 2.05. The Morgan fingerprint density at radius 2 is 1.90 bits per heavy atom. The molecule has 7 nitrogen and oxygen atoms in total. The number of aromatic amines is 1. The van der Waals surface area contributed by atoms with Crippen LogP contribution in [0, 0.1) is 5.82 Å². The normalized spacial score (nSPS) is 11.3. The molecule has 0 bridgehead atoms. The molecule has 0 saturated heterocycles. The number of fused-ring (bicyclic) bond motifs is 1. The first-order chi connectivity index (χ1) is 14.5. The fourth-order valence-electron chi connectivity index (χ4n) is 3.36. The van der Waals surface area contributed by atoms with E-state index in [-0.39, 0.29) is 42.2 Å². The SMILES string of the molecule is COCCn1c(=O)[nH]c(=O)c2c1nc(-c1cc(Br)ccc1F)n2Cc1ccccc1. The predicted octanol–water partition coefficient (Wildman–Crippen LogP) is 3.15. The van der Waals surface area contributed by atoms with E-state index in [0.29, 0.717) is 4.47 Å². The number of hydrogen-bond donors (Lipinski definition) is 1. The van der Waals surface area contributed by atoms with Gasteiger partial charge in [0, 0.05) is 18.1 Å². The molecule has 0 unspecified atom stereocenters. The Kier molecular flexibility index (Phi) is 5.65. The van der Waals surface area contributed by atoms with Crippen molar-refractivity contribution in [2.24, 2.45) is 0 Å². The van der Waals surface area contributed by atoms with Crippen LogP contribution in [0.15, 0.2) is 62.6 Å². The van der Waals surface area contributed by atoms with Crippen LogP contribution in [0.2, 0.25) is 0 Å². The minimum absolute atomic E-state index is 0.186. The van der Waals surface area contributed by atoms with Crippen LogP contribution in [0.25, 0.3) is 22.6 Å². The lowest BCUT2D eigenvalue weighted by Gasteiger charge is -2.10. The fourth-order valence-corrected chi connectivity index (χ4v) is 3.72. The summed E-state index contributed by atoms with van der Waals surface area (Å²) in [5.74, 6) is -0.222. The van der Waals surface area contributed by atoms with Crippen molar-refractivity contribution in [3.8, 4) is 11.4 Å². The van der Waals surface area contributed by atoms with Gasteiger partial charge < -0.3 is 9.30 Å². The molecule has 0 radical (unpaired) electrons. The minimum atomic E-state index is -0.588. The van der Waals surface area contributed by atoms with Gasteiger partial charge in [-0.15, -0.1) is 0 Å². The molecule has 0 aliphatic rings. The molecule has 1 N–H and O–H groups in total. The van der Waals surface area contributed by atoms with Crippen LogP contribution in [0.4, 0.5) is 4.39 Å². The molecule has 0 spiro atoms. The van der Waals surface area contributed by atoms with Gasteiger partial charge in [0.1, 0.15) is 11.6 Å². The number of benzene rings is 2. The first kappa shape index (κ1) is 20.2. The highest BCUT2D eigenvalue weighted by atomic mass is 79.9. The molecule has 2 aromatic carbocycles. The lowest BCUT2D eigenvalue weighted by Crippen LogP contribution is -2.32. The Labute approximate surface area is 178 Å². The summed E-state index contributed by atoms with van der Waals surface area (Å²) in [6.45, 7) is 0.739. The summed E-state index contributed by atoms with van der Waals surface area (Å²) in [6.07, 6.45) is 0. The lowest BCUT2D eigenvalue weighted by molar-refractivity contribution is 0.187. The van der Waals surface area contributed by atoms with E-state index in [1.807, 2.05) is 30.3 Å². The number of aromatic nitrogens is 4. The highest BCUT2D eigenvalue weighted by Gasteiger charge is 2.22. The van der Waals surface area contributed by atoms with Crippen molar-refractivity contribution >= 4 is 27.1 Å². The summed E-state index contributed by atoms with van der Waals surface area (Å²) < 4.78 is 23.5. The maximum Gasteiger partial charge on any atom is 0.330 e. The molecule has 2 heterocycles. The van der Waals surface area contributed by atoms with Gasteiger partial charge in [-0.3, -0.25) is 14.3 Å². The number of halogens is 2. The zero-order valence-corrected chi connectivity index (χ0v) is 17.6. The largest absolute Gasteiger partial charge is 0.383 e. The van der Waals surface area contributed by atoms with Crippen molar-refractivity contribution in [1.29, 1.82) is 0 Å². The topological polar surface area (TPSA) is 81.9 Å². The molecule has 30 heavy (non-hydrogen) atoms. The van der Waals surface area contributed by atoms with Gasteiger partial charge in [0.05, 0.1) is 18.7 Å². The van der Waals surface area contributed by atoms with Crippen LogP contribution < -0.4 is 11.2 Å². The number of rotatable bonds is 6. The molecule has 0 amide bonds. The van der Waals surface area contributed by atoms with Gasteiger partial charge in [-0.2, -0.15) is 0 Å². The number of hydrogen-bond acceptors (Lipinski definition) is 4. The van der Waals surface area contributed by atoms with Crippen LogP contribution in [-0.2, 0) is 17.8 Å². The average Bonchev–Trinajstić information content (AvgIpc) is 3.09. The second-order valence-corrected chi connectivity index (χ2v) is 7.62. The zero-order valence-electron chi connectivity index (χ0n) is 16.1. The average molecular weight is 473 g/mol. The van der Waals surface area contributed by atoms with E-state index >= 15 is 0 Å². The Morgan fingerprint density at radius 3 is 2.63 bits per heavy atom. The zero-order chi connectivity index (χ0) is 21.3. The van der Waals surface area contributed by atoms with Crippen LogP contribution in [0.3, 0.4) is 0 Å². The van der Waals surface area contributed by atoms with E-state index < -0.39 is 17.1 Å². The van der Waals surface area contributed by atoms with E-state index in [1.54, 1.807) is 16.7 Å². The van der Waals surface area contributed by atoms with Crippen molar-refractivity contribution in [2.75, 3.05) is 13.7 Å². The summed E-state index contributed by atoms with van der Waals surface area (Å²) >= 11 is 3.36. The minimum Gasteiger partial charge on any atom is -0.383 e. The summed E-state index contributed by atoms with van der Waals surface area (Å²) in [7, 11) is 1.52. The lowest BCUT2D eigenvalue weighted by atomic mass is 10.2. The highest BCUT2D eigenvalue weighted by Crippen LogP contribution is 2.28. The maximum absolute atomic E-state index is 14.7. The first-order valence-electron chi connectivity index (χ1n) is 9.21. The molecular formula is C21H18BrFN4O3. The van der Waals surface area contributed by atoms with Gasteiger partial charge in [-0.1, -0.05) is 46.3 Å². The summed E-state index contributed by atoms with van der Waals surface area (Å²) in [4.78, 5) is 32.1. The molecule has 0 saturated carbocycles. The summed E-state index contributed by atoms with van der Waals surface area (Å²) in [6, 6.07) is 14.0. The van der Waals surface area contributed by atoms with Gasteiger partial charge in [0.2, 0.25) is 0 Å². The van der Waals surface area contributed by atoms with E-state index in [1.165, 1.54) is 17.7 Å². The van der Waals surface area contributed by atoms with Gasteiger partial charge in [0.15, 0.2) is 11.2 Å². The molecule has 0 atom stereocenters. The Bertz CT molecular complexity index is 1330. The Hall–Kier alpha value is -3.04. The number of nitrogens with zero attached hydrogens (tertiary/aromatic N) is 3. The second-order valence-electron chi connectivity index (χ2n) is 6.71. The summed E-state index contributed by atoms with van der Waals surface area (Å²) in [5.41, 5.74) is 0.350. The van der Waals surface area contributed by atoms with Crippen LogP contribution in [-0.4, -0.2) is 32.8 Å². The molecule has 2 aromatic heterocycles. The number of ether oxygens (including phenoxy) is 1. The van der Waals surface area contributed by atoms with Crippen molar-refractivity contribution in [1.82, 2.24) is 19.1 Å². The maximum atomic E-state index is 14.7. The molecule has 0 aliphatic carbocycles. The number of methoxy groups -OCH3 is 1. The standard InChI is InChI=1S/C21H18BrFN4O3/c1-30-10-9-26-19-17(20(28)25-21(26)29)27(12-13-5-3-2-4-6-13)18(24-19)15-11-14(22)7-8-16(15)23/h2-8,11H,9-10,12H2,1H3,(H,25,28,29). The van der Waals surface area contributed by atoms with E-state index in [0.717, 1.165) is 5.56 Å². The smallest absolute Gasteiger partial charge is 0.330 e. The van der Waals surface area contributed by atoms with Crippen molar-refractivity contribution in [2.45, 2.75) is 13.1 Å². The van der Waals surface area contributed by atoms with Crippen molar-refractivity contribution in [3.05, 3.63) is 85.2 Å². The van der Waals surface area contributed by atoms with Gasteiger partial charge in [-0.05, 0) is 23.8 Å². The molecule has 4 rings (SSSR count). The second kappa shape index (κ2) is 8.37. The predicted molar refractivity (Wildman–Crippen MR) is 115 cm³/mol. The van der Waals surface area contributed by atoms with E-state index in [4.69, 9.17) is 4.74 Å². The van der Waals surface area contributed by atoms with Crippen LogP contribution >= 0.6 is 15.9 Å². The quantitative estimate of drug-likeness (QED) is 0.467. The van der Waals surface area contributed by atoms with Crippen LogP contribution in [0.1, 0.15) is 5.56 Å². The van der Waals surface area contributed by atoms with Crippen molar-refractivity contribution < 1.29 is 9.13 Å². The third-order valence-corrected chi connectivity index (χ3v) is 5.25. The number of imidazole rings is 1. The van der Waals surface area contributed by atoms with Crippen LogP contribution in [0.5, 0.6) is 0 Å².